The number of nitrogens with one attached hydrogen (secondary N) is 2. The number of para-hydroxylation sites is 1. The highest BCUT2D eigenvalue weighted by atomic mass is 35.5. The van der Waals surface area contributed by atoms with Crippen molar-refractivity contribution in [2.75, 3.05) is 13.7 Å². The predicted octanol–water partition coefficient (Wildman–Crippen LogP) is 3.28. The third-order valence-electron chi connectivity index (χ3n) is 4.06. The Morgan fingerprint density at radius 1 is 1.19 bits per heavy atom. The molecule has 1 heterocycles. The van der Waals surface area contributed by atoms with Crippen LogP contribution < -0.4 is 15.8 Å². The van der Waals surface area contributed by atoms with E-state index in [1.165, 1.54) is 12.6 Å². The molecule has 0 spiro atoms. The normalized spacial score (nSPS) is 11.1. The average molecular weight is 387 g/mol. The lowest BCUT2D eigenvalue weighted by molar-refractivity contribution is 0.0972. The minimum atomic E-state index is -0.334. The number of benzene rings is 2. The second kappa shape index (κ2) is 9.64. The van der Waals surface area contributed by atoms with Gasteiger partial charge in [0.15, 0.2) is 5.96 Å². The molecule has 1 aromatic heterocycles. The average Bonchev–Trinajstić information content (AvgIpc) is 3.11. The summed E-state index contributed by atoms with van der Waals surface area (Å²) in [6.45, 7) is 0.601. The van der Waals surface area contributed by atoms with E-state index >= 15 is 0 Å². The van der Waals surface area contributed by atoms with Crippen LogP contribution in [0.15, 0.2) is 59.6 Å². The number of halogens is 1. The number of ether oxygens (including phenoxy) is 1. The van der Waals surface area contributed by atoms with E-state index in [1.807, 2.05) is 36.4 Å². The largest absolute Gasteiger partial charge is 0.491 e. The van der Waals surface area contributed by atoms with Gasteiger partial charge in [-0.3, -0.25) is 15.1 Å². The zero-order valence-corrected chi connectivity index (χ0v) is 15.9. The maximum absolute atomic E-state index is 12.2. The molecule has 3 rings (SSSR count). The van der Waals surface area contributed by atoms with Crippen molar-refractivity contribution in [3.05, 3.63) is 65.9 Å². The molecule has 142 valence electrons. The monoisotopic (exact) mass is 386 g/mol. The number of aromatic amines is 1. The number of aryl methyl sites for hydroxylation is 1. The predicted molar refractivity (Wildman–Crippen MR) is 111 cm³/mol. The van der Waals surface area contributed by atoms with E-state index in [9.17, 15) is 4.79 Å². The Kier molecular flexibility index (Phi) is 7.25. The molecule has 7 heteroatoms. The second-order valence-electron chi connectivity index (χ2n) is 5.90. The summed E-state index contributed by atoms with van der Waals surface area (Å²) in [6.07, 6.45) is 1.88. The van der Waals surface area contributed by atoms with Gasteiger partial charge in [0.05, 0.1) is 12.1 Å². The molecule has 0 fully saturated rings. The lowest BCUT2D eigenvalue weighted by Gasteiger charge is -2.07. The van der Waals surface area contributed by atoms with Gasteiger partial charge in [0, 0.05) is 12.4 Å². The van der Waals surface area contributed by atoms with E-state index < -0.39 is 0 Å². The van der Waals surface area contributed by atoms with Gasteiger partial charge in [-0.25, -0.2) is 0 Å². The molecule has 0 aliphatic heterocycles. The number of aliphatic imine (C=N–C) groups is 1. The molecular weight excluding hydrogens is 364 g/mol. The van der Waals surface area contributed by atoms with Crippen LogP contribution in [-0.4, -0.2) is 30.5 Å². The molecule has 1 amide bonds. The Labute approximate surface area is 164 Å². The number of nitrogens with two attached hydrogens (primary N) is 1. The number of rotatable bonds is 6. The van der Waals surface area contributed by atoms with Crippen LogP contribution in [0.5, 0.6) is 5.75 Å². The van der Waals surface area contributed by atoms with Crippen molar-refractivity contribution in [1.82, 2.24) is 10.3 Å². The van der Waals surface area contributed by atoms with Crippen LogP contribution in [0, 0.1) is 0 Å². The zero-order chi connectivity index (χ0) is 18.4. The highest BCUT2D eigenvalue weighted by Crippen LogP contribution is 2.26. The van der Waals surface area contributed by atoms with Crippen molar-refractivity contribution in [2.24, 2.45) is 10.7 Å². The molecule has 0 aliphatic carbocycles. The van der Waals surface area contributed by atoms with E-state index in [4.69, 9.17) is 10.5 Å². The lowest BCUT2D eigenvalue weighted by atomic mass is 10.1. The topological polar surface area (TPSA) is 92.5 Å². The van der Waals surface area contributed by atoms with Crippen molar-refractivity contribution in [3.8, 4) is 5.75 Å². The first-order valence-electron chi connectivity index (χ1n) is 8.49. The van der Waals surface area contributed by atoms with E-state index in [2.05, 4.69) is 27.4 Å². The lowest BCUT2D eigenvalue weighted by Crippen LogP contribution is -2.36. The molecule has 0 atom stereocenters. The van der Waals surface area contributed by atoms with Crippen LogP contribution >= 0.6 is 12.4 Å². The third-order valence-corrected chi connectivity index (χ3v) is 4.06. The first-order valence-corrected chi connectivity index (χ1v) is 8.49. The van der Waals surface area contributed by atoms with Gasteiger partial charge in [-0.15, -0.1) is 12.4 Å². The van der Waals surface area contributed by atoms with E-state index in [1.54, 1.807) is 6.07 Å². The molecule has 27 heavy (non-hydrogen) atoms. The quantitative estimate of drug-likeness (QED) is 0.345. The Morgan fingerprint density at radius 2 is 1.96 bits per heavy atom. The Hall–Kier alpha value is -2.99. The Morgan fingerprint density at radius 3 is 2.70 bits per heavy atom. The highest BCUT2D eigenvalue weighted by molar-refractivity contribution is 6.06. The summed E-state index contributed by atoms with van der Waals surface area (Å²) in [5.74, 6) is 0.470. The zero-order valence-electron chi connectivity index (χ0n) is 15.1. The van der Waals surface area contributed by atoms with Gasteiger partial charge in [-0.1, -0.05) is 42.5 Å². The van der Waals surface area contributed by atoms with Crippen molar-refractivity contribution in [1.29, 1.82) is 0 Å². The number of hydrogen-bond acceptors (Lipinski definition) is 3. The second-order valence-corrected chi connectivity index (χ2v) is 5.90. The van der Waals surface area contributed by atoms with E-state index in [0.29, 0.717) is 12.3 Å². The summed E-state index contributed by atoms with van der Waals surface area (Å²) in [5, 5.41) is 3.42. The number of amides is 1. The number of hydrogen-bond donors (Lipinski definition) is 3. The minimum Gasteiger partial charge on any atom is -0.491 e. The summed E-state index contributed by atoms with van der Waals surface area (Å²) >= 11 is 0. The van der Waals surface area contributed by atoms with Gasteiger partial charge in [0.1, 0.15) is 11.4 Å². The maximum Gasteiger partial charge on any atom is 0.274 e. The SMILES string of the molecule is CN=C(N)NC(=O)c1cc2cccc(OCCCc3ccccc3)c2[nH]1.Cl. The smallest absolute Gasteiger partial charge is 0.274 e. The molecule has 0 unspecified atom stereocenters. The van der Waals surface area contributed by atoms with Gasteiger partial charge < -0.3 is 15.5 Å². The van der Waals surface area contributed by atoms with E-state index in [0.717, 1.165) is 29.5 Å². The van der Waals surface area contributed by atoms with Crippen molar-refractivity contribution in [2.45, 2.75) is 12.8 Å². The molecule has 4 N–H and O–H groups in total. The van der Waals surface area contributed by atoms with Gasteiger partial charge in [0.2, 0.25) is 0 Å². The molecule has 3 aromatic rings. The van der Waals surface area contributed by atoms with Crippen LogP contribution in [0.2, 0.25) is 0 Å². The molecule has 0 aliphatic rings. The summed E-state index contributed by atoms with van der Waals surface area (Å²) in [4.78, 5) is 19.0. The third kappa shape index (κ3) is 5.24. The fourth-order valence-corrected chi connectivity index (χ4v) is 2.71. The minimum absolute atomic E-state index is 0. The summed E-state index contributed by atoms with van der Waals surface area (Å²) in [7, 11) is 1.52. The van der Waals surface area contributed by atoms with Crippen molar-refractivity contribution < 1.29 is 9.53 Å². The maximum atomic E-state index is 12.2. The molecule has 0 saturated heterocycles. The van der Waals surface area contributed by atoms with Crippen LogP contribution in [-0.2, 0) is 6.42 Å². The van der Waals surface area contributed by atoms with Crippen molar-refractivity contribution >= 4 is 35.2 Å². The van der Waals surface area contributed by atoms with Gasteiger partial charge in [-0.05, 0) is 30.5 Å². The summed E-state index contributed by atoms with van der Waals surface area (Å²) in [6, 6.07) is 17.8. The van der Waals surface area contributed by atoms with E-state index in [-0.39, 0.29) is 24.3 Å². The fraction of sp³-hybridized carbons (Fsp3) is 0.200. The first-order chi connectivity index (χ1) is 12.7. The molecular formula is C20H23ClN4O2. The van der Waals surface area contributed by atoms with Crippen LogP contribution in [0.25, 0.3) is 10.9 Å². The van der Waals surface area contributed by atoms with Crippen LogP contribution in [0.4, 0.5) is 0 Å². The van der Waals surface area contributed by atoms with Gasteiger partial charge in [0.25, 0.3) is 5.91 Å². The number of nitrogens with zero attached hydrogens (tertiary/aromatic N) is 1. The van der Waals surface area contributed by atoms with Gasteiger partial charge >= 0.3 is 0 Å². The standard InChI is InChI=1S/C20H22N4O2.ClH/c1-22-20(21)24-19(25)16-13-15-10-5-11-17(18(15)23-16)26-12-6-9-14-7-3-2-4-8-14;/h2-5,7-8,10-11,13,23H,6,9,12H2,1H3,(H3,21,22,24,25);1H. The number of guanidine groups is 1. The van der Waals surface area contributed by atoms with Crippen LogP contribution in [0.3, 0.4) is 0 Å². The number of fused-ring (bicyclic) bond motifs is 1. The molecule has 0 bridgehead atoms. The number of carbonyl (C=O) groups excluding carboxylic acids is 1. The number of carbonyl (C=O) groups is 1. The number of H-pyrrole nitrogens is 1. The highest BCUT2D eigenvalue weighted by Gasteiger charge is 2.12. The van der Waals surface area contributed by atoms with Crippen molar-refractivity contribution in [3.63, 3.8) is 0 Å². The Bertz CT molecular complexity index is 922. The molecule has 2 aromatic carbocycles. The fourth-order valence-electron chi connectivity index (χ4n) is 2.71. The van der Waals surface area contributed by atoms with Crippen LogP contribution in [0.1, 0.15) is 22.5 Å². The molecule has 6 nitrogen and oxygen atoms in total. The first kappa shape index (κ1) is 20.3. The summed E-state index contributed by atoms with van der Waals surface area (Å²) in [5.41, 5.74) is 8.04. The molecule has 0 radical (unpaired) electrons. The number of aromatic nitrogens is 1. The van der Waals surface area contributed by atoms with Gasteiger partial charge in [-0.2, -0.15) is 0 Å². The summed E-state index contributed by atoms with van der Waals surface area (Å²) < 4.78 is 5.92. The molecule has 0 saturated carbocycles. The Balaban J connectivity index is 0.00000261.